The molecule has 2 heteroatoms. The molecule has 0 aromatic rings. The molecule has 20 heavy (non-hydrogen) atoms. The molecule has 0 bridgehead atoms. The van der Waals surface area contributed by atoms with Gasteiger partial charge >= 0.3 is 0 Å². The lowest BCUT2D eigenvalue weighted by Gasteiger charge is -2.49. The molecule has 2 atom stereocenters. The number of hydrogen-bond acceptors (Lipinski definition) is 2. The summed E-state index contributed by atoms with van der Waals surface area (Å²) in [5, 5.41) is 10.7. The minimum atomic E-state index is -0.315. The van der Waals surface area contributed by atoms with E-state index in [1.807, 2.05) is 0 Å². The van der Waals surface area contributed by atoms with Gasteiger partial charge in [0.2, 0.25) is 0 Å². The second-order valence-corrected chi connectivity index (χ2v) is 10.1. The van der Waals surface area contributed by atoms with E-state index in [1.54, 1.807) is 0 Å². The lowest BCUT2D eigenvalue weighted by molar-refractivity contribution is -0.0642. The number of nitrogens with two attached hydrogens (primary N) is 1. The molecule has 0 aromatic heterocycles. The molecule has 2 nitrogen and oxygen atoms in total. The van der Waals surface area contributed by atoms with Gasteiger partial charge in [-0.3, -0.25) is 0 Å². The maximum atomic E-state index is 10.7. The molecule has 0 aliphatic heterocycles. The summed E-state index contributed by atoms with van der Waals surface area (Å²) in [5.74, 6) is 0. The van der Waals surface area contributed by atoms with Crippen LogP contribution in [0.4, 0.5) is 0 Å². The molecule has 0 saturated carbocycles. The Labute approximate surface area is 127 Å². The van der Waals surface area contributed by atoms with Crippen molar-refractivity contribution in [2.24, 2.45) is 27.4 Å². The first-order valence-electron chi connectivity index (χ1n) is 7.94. The summed E-state index contributed by atoms with van der Waals surface area (Å²) in [6.45, 7) is 21.9. The van der Waals surface area contributed by atoms with Crippen molar-refractivity contribution in [2.75, 3.05) is 0 Å². The van der Waals surface area contributed by atoms with Gasteiger partial charge in [-0.2, -0.15) is 0 Å². The molecule has 3 N–H and O–H groups in total. The average molecular weight is 286 g/mol. The molecule has 0 amide bonds. The zero-order valence-electron chi connectivity index (χ0n) is 15.6. The van der Waals surface area contributed by atoms with E-state index >= 15 is 0 Å². The van der Waals surface area contributed by atoms with Gasteiger partial charge in [0.1, 0.15) is 0 Å². The Morgan fingerprint density at radius 3 is 1.50 bits per heavy atom. The van der Waals surface area contributed by atoms with Crippen LogP contribution in [0.5, 0.6) is 0 Å². The van der Waals surface area contributed by atoms with Crippen molar-refractivity contribution in [3.63, 3.8) is 0 Å². The van der Waals surface area contributed by atoms with Crippen molar-refractivity contribution in [2.45, 2.75) is 94.2 Å². The van der Waals surface area contributed by atoms with Crippen molar-refractivity contribution in [1.82, 2.24) is 0 Å². The third-order valence-electron chi connectivity index (χ3n) is 5.23. The van der Waals surface area contributed by atoms with Crippen LogP contribution in [0.3, 0.4) is 0 Å². The standard InChI is InChI=1S/C18H39NO/c1-15(2,3)12-14(20)18(9,10)17(7,8)11-13(19)16(4,5)6/h13-14,20H,11-12,19H2,1-10H3. The van der Waals surface area contributed by atoms with Crippen molar-refractivity contribution in [1.29, 1.82) is 0 Å². The molecule has 2 unspecified atom stereocenters. The molecule has 0 aliphatic rings. The van der Waals surface area contributed by atoms with Crippen LogP contribution in [0.2, 0.25) is 0 Å². The van der Waals surface area contributed by atoms with Crippen LogP contribution >= 0.6 is 0 Å². The van der Waals surface area contributed by atoms with E-state index in [0.717, 1.165) is 12.8 Å². The molecule has 0 aliphatic carbocycles. The van der Waals surface area contributed by atoms with E-state index in [1.165, 1.54) is 0 Å². The smallest absolute Gasteiger partial charge is 0.0601 e. The summed E-state index contributed by atoms with van der Waals surface area (Å²) in [6.07, 6.45) is 1.42. The Bertz CT molecular complexity index is 304. The van der Waals surface area contributed by atoms with Crippen LogP contribution in [0.15, 0.2) is 0 Å². The van der Waals surface area contributed by atoms with Gasteiger partial charge in [0, 0.05) is 6.04 Å². The van der Waals surface area contributed by atoms with Crippen LogP contribution < -0.4 is 5.73 Å². The van der Waals surface area contributed by atoms with Gasteiger partial charge in [-0.15, -0.1) is 0 Å². The van der Waals surface area contributed by atoms with Crippen LogP contribution in [0.1, 0.15) is 82.1 Å². The summed E-state index contributed by atoms with van der Waals surface area (Å²) < 4.78 is 0. The molecule has 0 saturated heterocycles. The molecule has 0 heterocycles. The van der Waals surface area contributed by atoms with Gasteiger partial charge in [-0.25, -0.2) is 0 Å². The molecule has 0 rings (SSSR count). The second-order valence-electron chi connectivity index (χ2n) is 10.1. The Morgan fingerprint density at radius 2 is 1.20 bits per heavy atom. The highest BCUT2D eigenvalue weighted by atomic mass is 16.3. The Morgan fingerprint density at radius 1 is 0.800 bits per heavy atom. The largest absolute Gasteiger partial charge is 0.393 e. The van der Waals surface area contributed by atoms with Gasteiger partial charge in [0.05, 0.1) is 6.10 Å². The van der Waals surface area contributed by atoms with Gasteiger partial charge in [0.15, 0.2) is 0 Å². The zero-order valence-corrected chi connectivity index (χ0v) is 15.6. The summed E-state index contributed by atoms with van der Waals surface area (Å²) in [4.78, 5) is 0. The fraction of sp³-hybridized carbons (Fsp3) is 1.00. The van der Waals surface area contributed by atoms with Crippen LogP contribution in [0.25, 0.3) is 0 Å². The first kappa shape index (κ1) is 19.9. The fourth-order valence-electron chi connectivity index (χ4n) is 2.41. The Kier molecular flexibility index (Phi) is 5.94. The molecule has 0 radical (unpaired) electrons. The van der Waals surface area contributed by atoms with Crippen LogP contribution in [-0.2, 0) is 0 Å². The predicted molar refractivity (Wildman–Crippen MR) is 89.7 cm³/mol. The highest BCUT2D eigenvalue weighted by Crippen LogP contribution is 2.48. The predicted octanol–water partition coefficient (Wildman–Crippen LogP) is 4.60. The monoisotopic (exact) mass is 285 g/mol. The lowest BCUT2D eigenvalue weighted by atomic mass is 9.59. The van der Waals surface area contributed by atoms with Gasteiger partial charge in [-0.1, -0.05) is 69.2 Å². The summed E-state index contributed by atoms with van der Waals surface area (Å²) in [7, 11) is 0. The SMILES string of the molecule is CC(C)(C)CC(O)C(C)(C)C(C)(C)CC(N)C(C)(C)C. The van der Waals surface area contributed by atoms with Crippen molar-refractivity contribution in [3.05, 3.63) is 0 Å². The topological polar surface area (TPSA) is 46.2 Å². The molecular formula is C18H39NO. The van der Waals surface area contributed by atoms with E-state index in [2.05, 4.69) is 69.2 Å². The second kappa shape index (κ2) is 5.96. The Hall–Kier alpha value is -0.0800. The van der Waals surface area contributed by atoms with E-state index < -0.39 is 0 Å². The van der Waals surface area contributed by atoms with Gasteiger partial charge in [0.25, 0.3) is 0 Å². The average Bonchev–Trinajstić information content (AvgIpc) is 2.11. The summed E-state index contributed by atoms with van der Waals surface area (Å²) in [6, 6.07) is 0.138. The van der Waals surface area contributed by atoms with Crippen molar-refractivity contribution < 1.29 is 5.11 Å². The number of hydrogen-bond donors (Lipinski definition) is 2. The van der Waals surface area contributed by atoms with Crippen molar-refractivity contribution in [3.8, 4) is 0 Å². The lowest BCUT2D eigenvalue weighted by Crippen LogP contribution is -2.49. The van der Waals surface area contributed by atoms with E-state index in [0.29, 0.717) is 0 Å². The highest BCUT2D eigenvalue weighted by molar-refractivity contribution is 4.96. The fourth-order valence-corrected chi connectivity index (χ4v) is 2.41. The minimum absolute atomic E-state index is 0.00956. The first-order chi connectivity index (χ1) is 8.51. The van der Waals surface area contributed by atoms with E-state index in [9.17, 15) is 5.11 Å². The molecule has 0 aromatic carbocycles. The van der Waals surface area contributed by atoms with E-state index in [4.69, 9.17) is 5.73 Å². The number of rotatable bonds is 5. The third kappa shape index (κ3) is 5.37. The van der Waals surface area contributed by atoms with Gasteiger partial charge in [-0.05, 0) is 34.5 Å². The maximum absolute atomic E-state index is 10.7. The molecule has 0 spiro atoms. The first-order valence-corrected chi connectivity index (χ1v) is 7.94. The Balaban J connectivity index is 5.06. The van der Waals surface area contributed by atoms with Crippen LogP contribution in [0, 0.1) is 21.7 Å². The maximum Gasteiger partial charge on any atom is 0.0601 e. The van der Waals surface area contributed by atoms with Gasteiger partial charge < -0.3 is 10.8 Å². The quantitative estimate of drug-likeness (QED) is 0.775. The summed E-state index contributed by atoms with van der Waals surface area (Å²) in [5.41, 5.74) is 6.44. The zero-order chi connectivity index (χ0) is 16.6. The number of aliphatic hydroxyl groups excluding tert-OH is 1. The normalized spacial score (nSPS) is 18.0. The highest BCUT2D eigenvalue weighted by Gasteiger charge is 2.45. The molecule has 122 valence electrons. The summed E-state index contributed by atoms with van der Waals surface area (Å²) >= 11 is 0. The molecular weight excluding hydrogens is 246 g/mol. The third-order valence-corrected chi connectivity index (χ3v) is 5.23. The van der Waals surface area contributed by atoms with Crippen LogP contribution in [-0.4, -0.2) is 17.3 Å². The molecule has 0 fully saturated rings. The van der Waals surface area contributed by atoms with Crippen molar-refractivity contribution >= 4 is 0 Å². The van der Waals surface area contributed by atoms with E-state index in [-0.39, 0.29) is 33.8 Å². The minimum Gasteiger partial charge on any atom is -0.393 e. The number of aliphatic hydroxyl groups is 1.